The molecule has 5 nitrogen and oxygen atoms in total. The summed E-state index contributed by atoms with van der Waals surface area (Å²) >= 11 is 11.4. The SMILES string of the molecule is O=S(=O)(c1cc(Cl)c(O)c(Cl)c1)N1CCOCC1. The van der Waals surface area contributed by atoms with Gasteiger partial charge < -0.3 is 9.84 Å². The second kappa shape index (κ2) is 5.22. The quantitative estimate of drug-likeness (QED) is 0.903. The van der Waals surface area contributed by atoms with Crippen LogP contribution in [0.25, 0.3) is 0 Å². The van der Waals surface area contributed by atoms with Gasteiger partial charge in [0.05, 0.1) is 28.2 Å². The van der Waals surface area contributed by atoms with Crippen molar-refractivity contribution in [2.75, 3.05) is 26.3 Å². The van der Waals surface area contributed by atoms with Crippen LogP contribution < -0.4 is 0 Å². The van der Waals surface area contributed by atoms with Crippen molar-refractivity contribution in [2.24, 2.45) is 0 Å². The van der Waals surface area contributed by atoms with Gasteiger partial charge in [0, 0.05) is 13.1 Å². The number of hydrogen-bond donors (Lipinski definition) is 1. The number of rotatable bonds is 2. The van der Waals surface area contributed by atoms with E-state index in [1.165, 1.54) is 16.4 Å². The van der Waals surface area contributed by atoms with Crippen molar-refractivity contribution in [3.63, 3.8) is 0 Å². The van der Waals surface area contributed by atoms with E-state index >= 15 is 0 Å². The summed E-state index contributed by atoms with van der Waals surface area (Å²) in [5, 5.41) is 9.24. The topological polar surface area (TPSA) is 66.8 Å². The lowest BCUT2D eigenvalue weighted by molar-refractivity contribution is 0.0730. The van der Waals surface area contributed by atoms with E-state index in [0.29, 0.717) is 26.3 Å². The number of hydrogen-bond acceptors (Lipinski definition) is 4. The molecule has 1 heterocycles. The molecule has 0 spiro atoms. The lowest BCUT2D eigenvalue weighted by Crippen LogP contribution is -2.40. The lowest BCUT2D eigenvalue weighted by Gasteiger charge is -2.26. The predicted octanol–water partition coefficient (Wildman–Crippen LogP) is 1.72. The fraction of sp³-hybridized carbons (Fsp3) is 0.400. The maximum atomic E-state index is 12.3. The van der Waals surface area contributed by atoms with Crippen LogP contribution in [0.3, 0.4) is 0 Å². The summed E-state index contributed by atoms with van der Waals surface area (Å²) in [6.07, 6.45) is 0. The van der Waals surface area contributed by atoms with Gasteiger partial charge in [-0.2, -0.15) is 4.31 Å². The Hall–Kier alpha value is -0.530. The molecule has 0 saturated carbocycles. The zero-order chi connectivity index (χ0) is 13.3. The molecule has 1 aliphatic heterocycles. The Morgan fingerprint density at radius 2 is 1.67 bits per heavy atom. The van der Waals surface area contributed by atoms with Gasteiger partial charge in [-0.05, 0) is 12.1 Å². The number of benzene rings is 1. The summed E-state index contributed by atoms with van der Waals surface area (Å²) < 4.78 is 30.9. The van der Waals surface area contributed by atoms with Crippen molar-refractivity contribution in [3.05, 3.63) is 22.2 Å². The maximum Gasteiger partial charge on any atom is 0.243 e. The number of phenols is 1. The molecular formula is C10H11Cl2NO4S. The summed E-state index contributed by atoms with van der Waals surface area (Å²) in [6.45, 7) is 1.30. The molecular weight excluding hydrogens is 301 g/mol. The van der Waals surface area contributed by atoms with E-state index in [-0.39, 0.29) is 20.7 Å². The van der Waals surface area contributed by atoms with E-state index in [0.717, 1.165) is 0 Å². The van der Waals surface area contributed by atoms with Crippen LogP contribution in [0.5, 0.6) is 5.75 Å². The van der Waals surface area contributed by atoms with Crippen LogP contribution in [-0.4, -0.2) is 44.1 Å². The number of phenolic OH excluding ortho intramolecular Hbond substituents is 1. The molecule has 2 rings (SSSR count). The Labute approximate surface area is 115 Å². The molecule has 0 atom stereocenters. The second-order valence-corrected chi connectivity index (χ2v) is 6.50. The zero-order valence-electron chi connectivity index (χ0n) is 9.27. The van der Waals surface area contributed by atoms with Crippen LogP contribution in [0.2, 0.25) is 10.0 Å². The number of nitrogens with zero attached hydrogens (tertiary/aromatic N) is 1. The fourth-order valence-corrected chi connectivity index (χ4v) is 3.71. The molecule has 0 radical (unpaired) electrons. The molecule has 1 aromatic carbocycles. The minimum absolute atomic E-state index is 0.0304. The van der Waals surface area contributed by atoms with Crippen molar-refractivity contribution >= 4 is 33.2 Å². The highest BCUT2D eigenvalue weighted by Gasteiger charge is 2.27. The Morgan fingerprint density at radius 3 is 2.17 bits per heavy atom. The van der Waals surface area contributed by atoms with Crippen LogP contribution in [-0.2, 0) is 14.8 Å². The van der Waals surface area contributed by atoms with Crippen LogP contribution in [0, 0.1) is 0 Å². The molecule has 0 amide bonds. The summed E-state index contributed by atoms with van der Waals surface area (Å²) in [5.74, 6) is -0.320. The Balaban J connectivity index is 2.41. The summed E-state index contributed by atoms with van der Waals surface area (Å²) in [7, 11) is -3.65. The Bertz CT molecular complexity index is 532. The number of morpholine rings is 1. The van der Waals surface area contributed by atoms with Crippen molar-refractivity contribution in [1.82, 2.24) is 4.31 Å². The second-order valence-electron chi connectivity index (χ2n) is 3.75. The Kier molecular flexibility index (Phi) is 4.03. The summed E-state index contributed by atoms with van der Waals surface area (Å²) in [5.41, 5.74) is 0. The molecule has 0 bridgehead atoms. The van der Waals surface area contributed by atoms with Crippen LogP contribution >= 0.6 is 23.2 Å². The highest BCUT2D eigenvalue weighted by molar-refractivity contribution is 7.89. The van der Waals surface area contributed by atoms with Gasteiger partial charge in [-0.3, -0.25) is 0 Å². The molecule has 1 aliphatic rings. The highest BCUT2D eigenvalue weighted by atomic mass is 35.5. The third kappa shape index (κ3) is 2.57. The van der Waals surface area contributed by atoms with Crippen LogP contribution in [0.4, 0.5) is 0 Å². The van der Waals surface area contributed by atoms with E-state index in [1.807, 2.05) is 0 Å². The first-order valence-corrected chi connectivity index (χ1v) is 7.38. The standard InChI is InChI=1S/C10H11Cl2NO4S/c11-8-5-7(6-9(12)10(8)14)18(15,16)13-1-3-17-4-2-13/h5-6,14H,1-4H2. The van der Waals surface area contributed by atoms with Gasteiger partial charge in [0.15, 0.2) is 5.75 Å². The maximum absolute atomic E-state index is 12.3. The Morgan fingerprint density at radius 1 is 1.17 bits per heavy atom. The first-order chi connectivity index (χ1) is 8.43. The summed E-state index contributed by atoms with van der Waals surface area (Å²) in [4.78, 5) is -0.0304. The minimum atomic E-state index is -3.65. The summed E-state index contributed by atoms with van der Waals surface area (Å²) in [6, 6.07) is 2.38. The molecule has 0 aromatic heterocycles. The van der Waals surface area contributed by atoms with Gasteiger partial charge in [-0.25, -0.2) is 8.42 Å². The number of ether oxygens (including phenoxy) is 1. The van der Waals surface area contributed by atoms with E-state index in [2.05, 4.69) is 0 Å². The number of sulfonamides is 1. The molecule has 8 heteroatoms. The number of halogens is 2. The third-order valence-electron chi connectivity index (χ3n) is 2.60. The third-order valence-corrected chi connectivity index (χ3v) is 5.05. The predicted molar refractivity (Wildman–Crippen MR) is 67.7 cm³/mol. The van der Waals surface area contributed by atoms with Gasteiger partial charge in [0.2, 0.25) is 10.0 Å². The van der Waals surface area contributed by atoms with Crippen molar-refractivity contribution in [2.45, 2.75) is 4.90 Å². The average molecular weight is 312 g/mol. The molecule has 1 saturated heterocycles. The van der Waals surface area contributed by atoms with Gasteiger partial charge in [0.25, 0.3) is 0 Å². The average Bonchev–Trinajstić information content (AvgIpc) is 2.36. The first kappa shape index (κ1) is 13.9. The molecule has 18 heavy (non-hydrogen) atoms. The molecule has 1 fully saturated rings. The fourth-order valence-electron chi connectivity index (χ4n) is 1.63. The molecule has 0 aliphatic carbocycles. The minimum Gasteiger partial charge on any atom is -0.505 e. The molecule has 0 unspecified atom stereocenters. The van der Waals surface area contributed by atoms with E-state index in [9.17, 15) is 13.5 Å². The molecule has 1 N–H and O–H groups in total. The zero-order valence-corrected chi connectivity index (χ0v) is 11.6. The van der Waals surface area contributed by atoms with Crippen molar-refractivity contribution < 1.29 is 18.3 Å². The van der Waals surface area contributed by atoms with Crippen LogP contribution in [0.15, 0.2) is 17.0 Å². The van der Waals surface area contributed by atoms with Crippen LogP contribution in [0.1, 0.15) is 0 Å². The highest BCUT2D eigenvalue weighted by Crippen LogP contribution is 2.35. The lowest BCUT2D eigenvalue weighted by atomic mass is 10.3. The van der Waals surface area contributed by atoms with E-state index < -0.39 is 10.0 Å². The largest absolute Gasteiger partial charge is 0.505 e. The van der Waals surface area contributed by atoms with Gasteiger partial charge in [-0.15, -0.1) is 0 Å². The van der Waals surface area contributed by atoms with E-state index in [1.54, 1.807) is 0 Å². The smallest absolute Gasteiger partial charge is 0.243 e. The monoisotopic (exact) mass is 311 g/mol. The van der Waals surface area contributed by atoms with Gasteiger partial charge in [0.1, 0.15) is 0 Å². The van der Waals surface area contributed by atoms with E-state index in [4.69, 9.17) is 27.9 Å². The van der Waals surface area contributed by atoms with Gasteiger partial charge in [-0.1, -0.05) is 23.2 Å². The van der Waals surface area contributed by atoms with Crippen molar-refractivity contribution in [3.8, 4) is 5.75 Å². The number of aromatic hydroxyl groups is 1. The van der Waals surface area contributed by atoms with Crippen molar-refractivity contribution in [1.29, 1.82) is 0 Å². The first-order valence-electron chi connectivity index (χ1n) is 5.19. The molecule has 1 aromatic rings. The molecule has 100 valence electrons. The van der Waals surface area contributed by atoms with Gasteiger partial charge >= 0.3 is 0 Å². The normalized spacial score (nSPS) is 17.9.